The minimum atomic E-state index is -1.15. The average Bonchev–Trinajstić information content (AvgIpc) is 2.53. The second kappa shape index (κ2) is 6.31. The average molecular weight is 338 g/mol. The molecule has 0 aliphatic carbocycles. The number of pyridine rings is 1. The Balaban J connectivity index is 1.87. The number of hydrogen-bond acceptors (Lipinski definition) is 5. The molecule has 1 aromatic carbocycles. The van der Waals surface area contributed by atoms with Crippen molar-refractivity contribution in [3.05, 3.63) is 62.5 Å². The van der Waals surface area contributed by atoms with Crippen molar-refractivity contribution in [3.8, 4) is 5.75 Å². The van der Waals surface area contributed by atoms with Crippen molar-refractivity contribution in [2.24, 2.45) is 0 Å². The number of rotatable bonds is 4. The molecule has 2 aromatic rings. The molecule has 0 bridgehead atoms. The van der Waals surface area contributed by atoms with Crippen molar-refractivity contribution in [2.45, 2.75) is 13.2 Å². The lowest BCUT2D eigenvalue weighted by molar-refractivity contribution is -0.0187. The molecule has 1 aliphatic rings. The molecule has 0 spiro atoms. The highest BCUT2D eigenvalue weighted by atomic mass is 35.5. The molecule has 0 amide bonds. The van der Waals surface area contributed by atoms with E-state index >= 15 is 0 Å². The monoisotopic (exact) mass is 337 g/mol. The number of halogens is 1. The number of benzene rings is 1. The lowest BCUT2D eigenvalue weighted by Crippen LogP contribution is -2.27. The third-order valence-corrected chi connectivity index (χ3v) is 3.46. The molecule has 2 heterocycles. The summed E-state index contributed by atoms with van der Waals surface area (Å²) in [4.78, 5) is 28.1. The summed E-state index contributed by atoms with van der Waals surface area (Å²) in [7, 11) is 0. The van der Waals surface area contributed by atoms with Gasteiger partial charge in [-0.05, 0) is 18.2 Å². The first-order chi connectivity index (χ1) is 11.0. The van der Waals surface area contributed by atoms with Crippen molar-refractivity contribution in [2.75, 3.05) is 6.79 Å². The molecule has 0 saturated carbocycles. The van der Waals surface area contributed by atoms with Gasteiger partial charge in [-0.3, -0.25) is 4.79 Å². The van der Waals surface area contributed by atoms with Gasteiger partial charge >= 0.3 is 5.97 Å². The van der Waals surface area contributed by atoms with Gasteiger partial charge in [0.15, 0.2) is 6.79 Å². The third-order valence-electron chi connectivity index (χ3n) is 3.24. The Hall–Kier alpha value is -2.51. The van der Waals surface area contributed by atoms with E-state index in [0.29, 0.717) is 22.9 Å². The lowest BCUT2D eigenvalue weighted by Gasteiger charge is -2.21. The van der Waals surface area contributed by atoms with Crippen LogP contribution >= 0.6 is 11.6 Å². The lowest BCUT2D eigenvalue weighted by atomic mass is 10.1. The van der Waals surface area contributed by atoms with E-state index in [-0.39, 0.29) is 19.0 Å². The van der Waals surface area contributed by atoms with Crippen molar-refractivity contribution in [1.82, 2.24) is 4.73 Å². The smallest absolute Gasteiger partial charge is 0.337 e. The summed E-state index contributed by atoms with van der Waals surface area (Å²) < 4.78 is 11.5. The van der Waals surface area contributed by atoms with Gasteiger partial charge in [-0.1, -0.05) is 11.6 Å². The first-order valence-corrected chi connectivity index (χ1v) is 7.03. The molecule has 0 saturated heterocycles. The van der Waals surface area contributed by atoms with E-state index in [0.717, 1.165) is 22.6 Å². The van der Waals surface area contributed by atoms with E-state index in [2.05, 4.69) is 0 Å². The summed E-state index contributed by atoms with van der Waals surface area (Å²) in [6, 6.07) is 5.74. The van der Waals surface area contributed by atoms with E-state index in [4.69, 9.17) is 31.0 Å². The fraction of sp³-hybridized carbons (Fsp3) is 0.200. The fourth-order valence-electron chi connectivity index (χ4n) is 2.20. The first-order valence-electron chi connectivity index (χ1n) is 6.66. The zero-order valence-corrected chi connectivity index (χ0v) is 12.6. The predicted molar refractivity (Wildman–Crippen MR) is 79.7 cm³/mol. The van der Waals surface area contributed by atoms with Crippen LogP contribution in [0.3, 0.4) is 0 Å². The Morgan fingerprint density at radius 3 is 3.00 bits per heavy atom. The summed E-state index contributed by atoms with van der Waals surface area (Å²) >= 11 is 6.05. The van der Waals surface area contributed by atoms with E-state index in [1.54, 1.807) is 12.1 Å². The van der Waals surface area contributed by atoms with Crippen LogP contribution in [0.2, 0.25) is 5.02 Å². The Labute approximate surface area is 135 Å². The van der Waals surface area contributed by atoms with Gasteiger partial charge in [-0.15, -0.1) is 0 Å². The van der Waals surface area contributed by atoms with E-state index in [1.807, 2.05) is 0 Å². The second-order valence-electron chi connectivity index (χ2n) is 4.82. The Kier molecular flexibility index (Phi) is 4.22. The maximum absolute atomic E-state index is 11.7. The number of fused-ring (bicyclic) bond motifs is 1. The largest absolute Gasteiger partial charge is 0.478 e. The SMILES string of the molecule is O=C(O)c1ccc(=O)n(OCc2cc(Cl)cc3c2OCOC3)c1. The quantitative estimate of drug-likeness (QED) is 0.913. The zero-order valence-electron chi connectivity index (χ0n) is 11.8. The number of aromatic carboxylic acids is 1. The van der Waals surface area contributed by atoms with E-state index in [1.165, 1.54) is 6.07 Å². The van der Waals surface area contributed by atoms with Crippen LogP contribution in [-0.4, -0.2) is 22.6 Å². The van der Waals surface area contributed by atoms with Crippen molar-refractivity contribution in [3.63, 3.8) is 0 Å². The summed E-state index contributed by atoms with van der Waals surface area (Å²) in [5, 5.41) is 9.45. The van der Waals surface area contributed by atoms with Gasteiger partial charge in [0.05, 0.1) is 18.4 Å². The number of nitrogens with zero attached hydrogens (tertiary/aromatic N) is 1. The number of aromatic nitrogens is 1. The minimum Gasteiger partial charge on any atom is -0.478 e. The standard InChI is InChI=1S/C15H12ClNO6/c16-12-3-10-6-21-8-22-14(10)11(4-12)7-23-17-5-9(15(19)20)1-2-13(17)18/h1-5H,6-8H2,(H,19,20). The molecule has 7 nitrogen and oxygen atoms in total. The van der Waals surface area contributed by atoms with Gasteiger partial charge in [0, 0.05) is 22.2 Å². The zero-order chi connectivity index (χ0) is 16.4. The first kappa shape index (κ1) is 15.4. The maximum atomic E-state index is 11.7. The molecular weight excluding hydrogens is 326 g/mol. The summed E-state index contributed by atoms with van der Waals surface area (Å²) in [6.45, 7) is 0.485. The molecule has 3 rings (SSSR count). The molecule has 0 atom stereocenters. The summed E-state index contributed by atoms with van der Waals surface area (Å²) in [5.74, 6) is -0.550. The molecule has 1 aromatic heterocycles. The highest BCUT2D eigenvalue weighted by Crippen LogP contribution is 2.31. The molecule has 0 fully saturated rings. The van der Waals surface area contributed by atoms with Gasteiger partial charge in [0.25, 0.3) is 5.56 Å². The Bertz CT molecular complexity index is 816. The molecule has 1 N–H and O–H groups in total. The maximum Gasteiger partial charge on any atom is 0.337 e. The molecular formula is C15H12ClNO6. The fourth-order valence-corrected chi connectivity index (χ4v) is 2.46. The minimum absolute atomic E-state index is 0.00806. The van der Waals surface area contributed by atoms with Gasteiger partial charge in [0.1, 0.15) is 12.4 Å². The van der Waals surface area contributed by atoms with E-state index in [9.17, 15) is 9.59 Å². The van der Waals surface area contributed by atoms with Gasteiger partial charge in [0.2, 0.25) is 0 Å². The van der Waals surface area contributed by atoms with Gasteiger partial charge in [-0.2, -0.15) is 4.73 Å². The molecule has 0 unspecified atom stereocenters. The van der Waals surface area contributed by atoms with Gasteiger partial charge < -0.3 is 19.4 Å². The number of carbonyl (C=O) groups is 1. The number of carboxylic acids is 1. The van der Waals surface area contributed by atoms with E-state index < -0.39 is 11.5 Å². The molecule has 23 heavy (non-hydrogen) atoms. The van der Waals surface area contributed by atoms with Crippen LogP contribution in [0.1, 0.15) is 21.5 Å². The normalized spacial score (nSPS) is 13.1. The van der Waals surface area contributed by atoms with Crippen LogP contribution < -0.4 is 15.1 Å². The number of hydrogen-bond donors (Lipinski definition) is 1. The highest BCUT2D eigenvalue weighted by Gasteiger charge is 2.17. The molecule has 120 valence electrons. The Morgan fingerprint density at radius 1 is 1.39 bits per heavy atom. The predicted octanol–water partition coefficient (Wildman–Crippen LogP) is 1.70. The van der Waals surface area contributed by atoms with Crippen molar-refractivity contribution < 1.29 is 24.2 Å². The van der Waals surface area contributed by atoms with Crippen LogP contribution in [0.25, 0.3) is 0 Å². The molecule has 1 aliphatic heterocycles. The number of carboxylic acid groups (broad SMARTS) is 1. The van der Waals surface area contributed by atoms with Crippen LogP contribution in [0.15, 0.2) is 35.3 Å². The van der Waals surface area contributed by atoms with Gasteiger partial charge in [-0.25, -0.2) is 4.79 Å². The van der Waals surface area contributed by atoms with Crippen LogP contribution in [0, 0.1) is 0 Å². The number of ether oxygens (including phenoxy) is 2. The van der Waals surface area contributed by atoms with Crippen molar-refractivity contribution >= 4 is 17.6 Å². The summed E-state index contributed by atoms with van der Waals surface area (Å²) in [5.41, 5.74) is 0.898. The highest BCUT2D eigenvalue weighted by molar-refractivity contribution is 6.30. The van der Waals surface area contributed by atoms with Crippen LogP contribution in [0.5, 0.6) is 5.75 Å². The Morgan fingerprint density at radius 2 is 2.22 bits per heavy atom. The third kappa shape index (κ3) is 3.30. The molecule has 0 radical (unpaired) electrons. The molecule has 8 heteroatoms. The second-order valence-corrected chi connectivity index (χ2v) is 5.26. The van der Waals surface area contributed by atoms with Crippen LogP contribution in [0.4, 0.5) is 0 Å². The summed E-state index contributed by atoms with van der Waals surface area (Å²) in [6.07, 6.45) is 1.12. The van der Waals surface area contributed by atoms with Crippen LogP contribution in [-0.2, 0) is 18.0 Å². The topological polar surface area (TPSA) is 87.0 Å². The van der Waals surface area contributed by atoms with Crippen molar-refractivity contribution in [1.29, 1.82) is 0 Å².